The largest absolute Gasteiger partial charge is 0.456 e. The Labute approximate surface area is 170 Å². The predicted octanol–water partition coefficient (Wildman–Crippen LogP) is 5.11. The first-order valence-electron chi connectivity index (χ1n) is 8.26. The molecular weight excluding hydrogens is 407 g/mol. The van der Waals surface area contributed by atoms with Crippen molar-refractivity contribution in [2.24, 2.45) is 0 Å². The van der Waals surface area contributed by atoms with Crippen molar-refractivity contribution in [2.45, 2.75) is 19.3 Å². The SMILES string of the molecule is O=C(COC(=O)CCCc1nc2ccccc2s1)Nc1ccc(Cl)cc1Cl. The highest BCUT2D eigenvalue weighted by atomic mass is 35.5. The number of para-hydroxylation sites is 1. The number of nitrogens with one attached hydrogen (secondary N) is 1. The Kier molecular flexibility index (Phi) is 6.66. The number of esters is 1. The van der Waals surface area contributed by atoms with Crippen LogP contribution in [0.3, 0.4) is 0 Å². The highest BCUT2D eigenvalue weighted by molar-refractivity contribution is 7.18. The van der Waals surface area contributed by atoms with Gasteiger partial charge in [-0.05, 0) is 43.2 Å². The number of amides is 1. The number of ether oxygens (including phenoxy) is 1. The Hall–Kier alpha value is -2.15. The van der Waals surface area contributed by atoms with Crippen LogP contribution in [0.1, 0.15) is 17.8 Å². The van der Waals surface area contributed by atoms with Crippen LogP contribution in [0, 0.1) is 0 Å². The summed E-state index contributed by atoms with van der Waals surface area (Å²) >= 11 is 13.4. The van der Waals surface area contributed by atoms with Crippen LogP contribution in [0.5, 0.6) is 0 Å². The van der Waals surface area contributed by atoms with Gasteiger partial charge in [-0.1, -0.05) is 35.3 Å². The Balaban J connectivity index is 1.39. The molecule has 0 fully saturated rings. The number of hydrogen-bond donors (Lipinski definition) is 1. The van der Waals surface area contributed by atoms with Gasteiger partial charge in [-0.2, -0.15) is 0 Å². The molecule has 3 rings (SSSR count). The molecule has 140 valence electrons. The van der Waals surface area contributed by atoms with E-state index >= 15 is 0 Å². The molecule has 8 heteroatoms. The fourth-order valence-electron chi connectivity index (χ4n) is 2.41. The van der Waals surface area contributed by atoms with E-state index in [1.807, 2.05) is 24.3 Å². The summed E-state index contributed by atoms with van der Waals surface area (Å²) in [6.07, 6.45) is 1.54. The molecule has 1 N–H and O–H groups in total. The van der Waals surface area contributed by atoms with Gasteiger partial charge in [0.2, 0.25) is 0 Å². The molecule has 0 aliphatic rings. The van der Waals surface area contributed by atoms with E-state index in [-0.39, 0.29) is 13.0 Å². The molecule has 0 aliphatic carbocycles. The number of carbonyl (C=O) groups excluding carboxylic acids is 2. The maximum Gasteiger partial charge on any atom is 0.306 e. The van der Waals surface area contributed by atoms with Crippen LogP contribution in [0.25, 0.3) is 10.2 Å². The first-order valence-corrected chi connectivity index (χ1v) is 9.83. The Morgan fingerprint density at radius 3 is 2.74 bits per heavy atom. The van der Waals surface area contributed by atoms with Gasteiger partial charge in [-0.3, -0.25) is 9.59 Å². The van der Waals surface area contributed by atoms with Gasteiger partial charge in [0, 0.05) is 11.4 Å². The number of fused-ring (bicyclic) bond motifs is 1. The lowest BCUT2D eigenvalue weighted by molar-refractivity contribution is -0.147. The minimum Gasteiger partial charge on any atom is -0.456 e. The molecular formula is C19H16Cl2N2O3S. The quantitative estimate of drug-likeness (QED) is 0.537. The van der Waals surface area contributed by atoms with Crippen LogP contribution in [-0.4, -0.2) is 23.5 Å². The van der Waals surface area contributed by atoms with Crippen molar-refractivity contribution in [3.8, 4) is 0 Å². The zero-order chi connectivity index (χ0) is 19.2. The standard InChI is InChI=1S/C19H16Cl2N2O3S/c20-12-8-9-14(13(21)10-12)22-17(24)11-26-19(25)7-3-6-18-23-15-4-1-2-5-16(15)27-18/h1-2,4-5,8-10H,3,6-7,11H2,(H,22,24). The van der Waals surface area contributed by atoms with Crippen molar-refractivity contribution in [2.75, 3.05) is 11.9 Å². The molecule has 0 saturated heterocycles. The van der Waals surface area contributed by atoms with Crippen LogP contribution in [0.2, 0.25) is 10.0 Å². The summed E-state index contributed by atoms with van der Waals surface area (Å²) in [6.45, 7) is -0.362. The molecule has 5 nitrogen and oxygen atoms in total. The smallest absolute Gasteiger partial charge is 0.306 e. The lowest BCUT2D eigenvalue weighted by atomic mass is 10.2. The molecule has 0 unspecified atom stereocenters. The van der Waals surface area contributed by atoms with Crippen molar-refractivity contribution < 1.29 is 14.3 Å². The summed E-state index contributed by atoms with van der Waals surface area (Å²) in [5.74, 6) is -0.882. The molecule has 1 amide bonds. The van der Waals surface area contributed by atoms with E-state index in [4.69, 9.17) is 27.9 Å². The van der Waals surface area contributed by atoms with E-state index in [0.29, 0.717) is 28.6 Å². The summed E-state index contributed by atoms with van der Waals surface area (Å²) in [4.78, 5) is 28.2. The molecule has 0 saturated carbocycles. The molecule has 0 radical (unpaired) electrons. The van der Waals surface area contributed by atoms with Crippen molar-refractivity contribution in [1.29, 1.82) is 0 Å². The number of rotatable bonds is 7. The zero-order valence-corrected chi connectivity index (χ0v) is 16.5. The Morgan fingerprint density at radius 1 is 1.15 bits per heavy atom. The molecule has 3 aromatic rings. The van der Waals surface area contributed by atoms with Gasteiger partial charge in [0.15, 0.2) is 6.61 Å². The molecule has 0 atom stereocenters. The van der Waals surface area contributed by atoms with Crippen molar-refractivity contribution in [3.63, 3.8) is 0 Å². The number of nitrogens with zero attached hydrogens (tertiary/aromatic N) is 1. The third-order valence-electron chi connectivity index (χ3n) is 3.68. The highest BCUT2D eigenvalue weighted by Crippen LogP contribution is 2.25. The zero-order valence-electron chi connectivity index (χ0n) is 14.2. The van der Waals surface area contributed by atoms with Gasteiger partial charge < -0.3 is 10.1 Å². The van der Waals surface area contributed by atoms with Gasteiger partial charge in [0.05, 0.1) is 25.9 Å². The first-order chi connectivity index (χ1) is 13.0. The van der Waals surface area contributed by atoms with Gasteiger partial charge in [0.1, 0.15) is 0 Å². The van der Waals surface area contributed by atoms with Crippen LogP contribution in [0.4, 0.5) is 5.69 Å². The minimum atomic E-state index is -0.459. The average molecular weight is 423 g/mol. The normalized spacial score (nSPS) is 10.7. The maximum absolute atomic E-state index is 11.9. The van der Waals surface area contributed by atoms with E-state index in [1.165, 1.54) is 6.07 Å². The van der Waals surface area contributed by atoms with Crippen LogP contribution >= 0.6 is 34.5 Å². The van der Waals surface area contributed by atoms with E-state index in [2.05, 4.69) is 10.3 Å². The topological polar surface area (TPSA) is 68.3 Å². The summed E-state index contributed by atoms with van der Waals surface area (Å²) < 4.78 is 6.13. The average Bonchev–Trinajstić information content (AvgIpc) is 3.05. The van der Waals surface area contributed by atoms with Gasteiger partial charge >= 0.3 is 5.97 Å². The second-order valence-electron chi connectivity index (χ2n) is 5.76. The lowest BCUT2D eigenvalue weighted by Crippen LogP contribution is -2.21. The number of aromatic nitrogens is 1. The molecule has 0 aliphatic heterocycles. The van der Waals surface area contributed by atoms with Crippen molar-refractivity contribution in [3.05, 3.63) is 57.5 Å². The fraction of sp³-hybridized carbons (Fsp3) is 0.211. The monoisotopic (exact) mass is 422 g/mol. The Morgan fingerprint density at radius 2 is 1.96 bits per heavy atom. The predicted molar refractivity (Wildman–Crippen MR) is 109 cm³/mol. The third-order valence-corrected chi connectivity index (χ3v) is 5.32. The summed E-state index contributed by atoms with van der Waals surface area (Å²) in [6, 6.07) is 12.6. The van der Waals surface area contributed by atoms with Gasteiger partial charge in [-0.15, -0.1) is 11.3 Å². The number of aryl methyl sites for hydroxylation is 1. The second kappa shape index (κ2) is 9.17. The van der Waals surface area contributed by atoms with Crippen LogP contribution in [-0.2, 0) is 20.7 Å². The molecule has 27 heavy (non-hydrogen) atoms. The number of anilines is 1. The van der Waals surface area contributed by atoms with E-state index in [0.717, 1.165) is 15.2 Å². The number of carbonyl (C=O) groups is 2. The fourth-order valence-corrected chi connectivity index (χ4v) is 3.87. The second-order valence-corrected chi connectivity index (χ2v) is 7.72. The van der Waals surface area contributed by atoms with Crippen LogP contribution < -0.4 is 5.32 Å². The lowest BCUT2D eigenvalue weighted by Gasteiger charge is -2.08. The molecule has 2 aromatic carbocycles. The van der Waals surface area contributed by atoms with Crippen molar-refractivity contribution in [1.82, 2.24) is 4.98 Å². The van der Waals surface area contributed by atoms with E-state index in [9.17, 15) is 9.59 Å². The van der Waals surface area contributed by atoms with E-state index < -0.39 is 11.9 Å². The van der Waals surface area contributed by atoms with Gasteiger partial charge in [-0.25, -0.2) is 4.98 Å². The first kappa shape index (κ1) is 19.6. The molecule has 1 heterocycles. The molecule has 1 aromatic heterocycles. The number of benzene rings is 2. The molecule has 0 bridgehead atoms. The van der Waals surface area contributed by atoms with E-state index in [1.54, 1.807) is 23.5 Å². The third kappa shape index (κ3) is 5.66. The minimum absolute atomic E-state index is 0.227. The Bertz CT molecular complexity index is 941. The number of thiazole rings is 1. The van der Waals surface area contributed by atoms with Crippen molar-refractivity contribution >= 4 is 62.3 Å². The maximum atomic E-state index is 11.9. The summed E-state index contributed by atoms with van der Waals surface area (Å²) in [7, 11) is 0. The summed E-state index contributed by atoms with van der Waals surface area (Å²) in [5.41, 5.74) is 1.38. The molecule has 0 spiro atoms. The summed E-state index contributed by atoms with van der Waals surface area (Å²) in [5, 5.41) is 4.35. The van der Waals surface area contributed by atoms with Gasteiger partial charge in [0.25, 0.3) is 5.91 Å². The van der Waals surface area contributed by atoms with Crippen LogP contribution in [0.15, 0.2) is 42.5 Å². The number of hydrogen-bond acceptors (Lipinski definition) is 5. The number of halogens is 2. The highest BCUT2D eigenvalue weighted by Gasteiger charge is 2.11.